The van der Waals surface area contributed by atoms with E-state index in [0.717, 1.165) is 22.5 Å². The predicted octanol–water partition coefficient (Wildman–Crippen LogP) is 5.33. The van der Waals surface area contributed by atoms with Gasteiger partial charge in [0.2, 0.25) is 0 Å². The molecule has 1 heterocycles. The van der Waals surface area contributed by atoms with Gasteiger partial charge in [0.05, 0.1) is 5.70 Å². The normalized spacial score (nSPS) is 14.5. The molecule has 0 unspecified atom stereocenters. The van der Waals surface area contributed by atoms with Gasteiger partial charge in [0, 0.05) is 17.6 Å². The van der Waals surface area contributed by atoms with Crippen LogP contribution in [0.25, 0.3) is 5.70 Å². The average Bonchev–Trinajstić information content (AvgIpc) is 3.26. The number of para-hydroxylation sites is 1. The van der Waals surface area contributed by atoms with Crippen LogP contribution in [0.15, 0.2) is 107 Å². The number of amides is 1. The quantitative estimate of drug-likeness (QED) is 0.430. The summed E-state index contributed by atoms with van der Waals surface area (Å²) in [7, 11) is 0. The Labute approximate surface area is 186 Å². The van der Waals surface area contributed by atoms with E-state index in [9.17, 15) is 10.1 Å². The summed E-state index contributed by atoms with van der Waals surface area (Å²) in [5, 5.41) is 15.4. The summed E-state index contributed by atoms with van der Waals surface area (Å²) in [5.41, 5.74) is 4.13. The van der Waals surface area contributed by atoms with Gasteiger partial charge in [-0.15, -0.1) is 0 Å². The third-order valence-electron chi connectivity index (χ3n) is 4.90. The first-order valence-electron chi connectivity index (χ1n) is 10.0. The standard InChI is InChI=1S/C26H21N3OS/c27-18-23(25(30)28-17-16-20-10-4-1-5-11-20)26-29(22-14-8-3-9-15-22)24(19-31-26)21-12-6-2-7-13-21/h1-15,19H,16-17H2,(H,28,30)/b26-23-. The van der Waals surface area contributed by atoms with E-state index in [4.69, 9.17) is 0 Å². The van der Waals surface area contributed by atoms with E-state index >= 15 is 0 Å². The van der Waals surface area contributed by atoms with Gasteiger partial charge >= 0.3 is 0 Å². The van der Waals surface area contributed by atoms with Crippen LogP contribution in [0.4, 0.5) is 5.69 Å². The molecule has 0 aromatic heterocycles. The lowest BCUT2D eigenvalue weighted by atomic mass is 10.1. The van der Waals surface area contributed by atoms with E-state index in [0.29, 0.717) is 18.0 Å². The zero-order valence-electron chi connectivity index (χ0n) is 16.9. The fourth-order valence-electron chi connectivity index (χ4n) is 3.39. The largest absolute Gasteiger partial charge is 0.351 e. The molecule has 4 nitrogen and oxygen atoms in total. The van der Waals surface area contributed by atoms with Crippen LogP contribution in [-0.2, 0) is 11.2 Å². The molecule has 31 heavy (non-hydrogen) atoms. The van der Waals surface area contributed by atoms with Crippen LogP contribution in [0.1, 0.15) is 11.1 Å². The van der Waals surface area contributed by atoms with Crippen molar-refractivity contribution in [1.29, 1.82) is 5.26 Å². The Morgan fingerprint density at radius 2 is 1.52 bits per heavy atom. The maximum absolute atomic E-state index is 12.9. The molecule has 3 aromatic carbocycles. The van der Waals surface area contributed by atoms with Crippen LogP contribution in [-0.4, -0.2) is 12.5 Å². The van der Waals surface area contributed by atoms with Crippen LogP contribution in [0, 0.1) is 11.3 Å². The van der Waals surface area contributed by atoms with E-state index in [1.807, 2.05) is 101 Å². The summed E-state index contributed by atoms with van der Waals surface area (Å²) in [6.45, 7) is 0.469. The van der Waals surface area contributed by atoms with Crippen molar-refractivity contribution in [3.63, 3.8) is 0 Å². The van der Waals surface area contributed by atoms with Gasteiger partial charge in [-0.1, -0.05) is 90.6 Å². The van der Waals surface area contributed by atoms with Crippen LogP contribution >= 0.6 is 11.8 Å². The van der Waals surface area contributed by atoms with E-state index in [1.165, 1.54) is 11.8 Å². The molecule has 152 valence electrons. The van der Waals surface area contributed by atoms with Gasteiger partial charge in [0.1, 0.15) is 16.7 Å². The fourth-order valence-corrected chi connectivity index (χ4v) is 4.42. The number of carbonyl (C=O) groups is 1. The molecule has 4 rings (SSSR count). The Morgan fingerprint density at radius 3 is 2.16 bits per heavy atom. The molecule has 0 bridgehead atoms. The first-order valence-corrected chi connectivity index (χ1v) is 10.9. The van der Waals surface area contributed by atoms with Crippen molar-refractivity contribution >= 4 is 29.1 Å². The van der Waals surface area contributed by atoms with E-state index in [1.54, 1.807) is 0 Å². The number of benzene rings is 3. The summed E-state index contributed by atoms with van der Waals surface area (Å²) >= 11 is 1.40. The highest BCUT2D eigenvalue weighted by Crippen LogP contribution is 2.44. The molecule has 3 aromatic rings. The van der Waals surface area contributed by atoms with Gasteiger partial charge in [0.25, 0.3) is 5.91 Å². The summed E-state index contributed by atoms with van der Waals surface area (Å²) in [6.07, 6.45) is 0.712. The zero-order chi connectivity index (χ0) is 21.5. The number of nitrogens with zero attached hydrogens (tertiary/aromatic N) is 2. The molecule has 1 amide bonds. The molecule has 0 saturated carbocycles. The molecule has 0 aliphatic carbocycles. The van der Waals surface area contributed by atoms with Crippen molar-refractivity contribution in [3.05, 3.63) is 118 Å². The topological polar surface area (TPSA) is 56.1 Å². The molecule has 1 aliphatic rings. The second-order valence-electron chi connectivity index (χ2n) is 6.94. The fraction of sp³-hybridized carbons (Fsp3) is 0.0769. The highest BCUT2D eigenvalue weighted by Gasteiger charge is 2.29. The van der Waals surface area contributed by atoms with Crippen molar-refractivity contribution in [2.45, 2.75) is 6.42 Å². The van der Waals surface area contributed by atoms with Gasteiger partial charge in [-0.2, -0.15) is 5.26 Å². The molecule has 5 heteroatoms. The van der Waals surface area contributed by atoms with Crippen LogP contribution in [0.5, 0.6) is 0 Å². The Bertz CT molecular complexity index is 1150. The molecular formula is C26H21N3OS. The van der Waals surface area contributed by atoms with Crippen molar-refractivity contribution < 1.29 is 4.79 Å². The first-order chi connectivity index (χ1) is 15.3. The number of nitrogens with one attached hydrogen (secondary N) is 1. The van der Waals surface area contributed by atoms with Crippen molar-refractivity contribution in [2.75, 3.05) is 11.4 Å². The smallest absolute Gasteiger partial charge is 0.264 e. The van der Waals surface area contributed by atoms with E-state index < -0.39 is 0 Å². The average molecular weight is 424 g/mol. The molecule has 0 radical (unpaired) electrons. The maximum Gasteiger partial charge on any atom is 0.264 e. The summed E-state index contributed by atoms with van der Waals surface area (Å²) in [6, 6.07) is 31.9. The number of nitriles is 1. The van der Waals surface area contributed by atoms with Gasteiger partial charge < -0.3 is 10.2 Å². The van der Waals surface area contributed by atoms with Crippen molar-refractivity contribution in [1.82, 2.24) is 5.32 Å². The number of carbonyl (C=O) groups excluding carboxylic acids is 1. The van der Waals surface area contributed by atoms with Gasteiger partial charge in [-0.3, -0.25) is 4.79 Å². The lowest BCUT2D eigenvalue weighted by Gasteiger charge is -2.24. The number of hydrogen-bond acceptors (Lipinski definition) is 4. The second-order valence-corrected chi connectivity index (χ2v) is 7.80. The molecule has 1 N–H and O–H groups in total. The number of anilines is 1. The highest BCUT2D eigenvalue weighted by atomic mass is 32.2. The van der Waals surface area contributed by atoms with Gasteiger partial charge in [0.15, 0.2) is 0 Å². The predicted molar refractivity (Wildman–Crippen MR) is 127 cm³/mol. The third kappa shape index (κ3) is 4.71. The molecule has 1 aliphatic heterocycles. The minimum Gasteiger partial charge on any atom is -0.351 e. The van der Waals surface area contributed by atoms with Gasteiger partial charge in [-0.25, -0.2) is 0 Å². The van der Waals surface area contributed by atoms with Crippen LogP contribution in [0.2, 0.25) is 0 Å². The Morgan fingerprint density at radius 1 is 0.903 bits per heavy atom. The highest BCUT2D eigenvalue weighted by molar-refractivity contribution is 8.06. The molecule has 0 spiro atoms. The van der Waals surface area contributed by atoms with Crippen molar-refractivity contribution in [2.24, 2.45) is 0 Å². The van der Waals surface area contributed by atoms with Gasteiger partial charge in [-0.05, 0) is 29.7 Å². The minimum atomic E-state index is -0.357. The number of thioether (sulfide) groups is 1. The van der Waals surface area contributed by atoms with E-state index in [-0.39, 0.29) is 11.5 Å². The molecule has 0 saturated heterocycles. The first kappa shape index (κ1) is 20.5. The third-order valence-corrected chi connectivity index (χ3v) is 5.86. The summed E-state index contributed by atoms with van der Waals surface area (Å²) in [5.74, 6) is -0.357. The Kier molecular flexibility index (Phi) is 6.51. The number of hydrogen-bond donors (Lipinski definition) is 1. The summed E-state index contributed by atoms with van der Waals surface area (Å²) in [4.78, 5) is 14.9. The zero-order valence-corrected chi connectivity index (χ0v) is 17.7. The van der Waals surface area contributed by atoms with E-state index in [2.05, 4.69) is 11.4 Å². The summed E-state index contributed by atoms with van der Waals surface area (Å²) < 4.78 is 0. The lowest BCUT2D eigenvalue weighted by molar-refractivity contribution is -0.117. The lowest BCUT2D eigenvalue weighted by Crippen LogP contribution is -2.29. The number of rotatable bonds is 6. The maximum atomic E-state index is 12.9. The molecule has 0 atom stereocenters. The molecule has 0 fully saturated rings. The monoisotopic (exact) mass is 423 g/mol. The van der Waals surface area contributed by atoms with Crippen LogP contribution < -0.4 is 10.2 Å². The Balaban J connectivity index is 1.61. The second kappa shape index (κ2) is 9.84. The SMILES string of the molecule is N#C/C(C(=O)NCCc1ccccc1)=C1/SC=C(c2ccccc2)N1c1ccccc1. The van der Waals surface area contributed by atoms with Crippen LogP contribution in [0.3, 0.4) is 0 Å². The van der Waals surface area contributed by atoms with Crippen molar-refractivity contribution in [3.8, 4) is 6.07 Å². The Hall–Kier alpha value is -3.75. The minimum absolute atomic E-state index is 0.115. The molecular weight excluding hydrogens is 402 g/mol.